The number of aromatic nitrogens is 2. The highest BCUT2D eigenvalue weighted by atomic mass is 79.9. The van der Waals surface area contributed by atoms with Crippen molar-refractivity contribution in [3.63, 3.8) is 0 Å². The number of aromatic hydroxyl groups is 2. The van der Waals surface area contributed by atoms with Crippen molar-refractivity contribution in [2.24, 2.45) is 0 Å². The number of methoxy groups -OCH3 is 2. The van der Waals surface area contributed by atoms with Crippen LogP contribution < -0.4 is 0 Å². The number of aldehydes is 1. The summed E-state index contributed by atoms with van der Waals surface area (Å²) in [6.07, 6.45) is 0.0970. The van der Waals surface area contributed by atoms with Crippen LogP contribution in [0.3, 0.4) is 0 Å². The van der Waals surface area contributed by atoms with Crippen LogP contribution in [0.4, 0.5) is 0 Å². The van der Waals surface area contributed by atoms with Gasteiger partial charge in [0.1, 0.15) is 16.7 Å². The number of hydrogen-bond donors (Lipinski definition) is 3. The summed E-state index contributed by atoms with van der Waals surface area (Å²) >= 11 is 13.3. The molecule has 8 nitrogen and oxygen atoms in total. The molecule has 0 bridgehead atoms. The van der Waals surface area contributed by atoms with Gasteiger partial charge in [-0.1, -0.05) is 31.9 Å². The number of phenols is 2. The van der Waals surface area contributed by atoms with Crippen LogP contribution in [0.1, 0.15) is 22.5 Å². The number of phenolic OH excluding ortho intramolecular Hbond substituents is 2. The number of fused-ring (bicyclic) bond motifs is 2. The Balaban J connectivity index is 0.000000234. The Morgan fingerprint density at radius 1 is 0.771 bits per heavy atom. The minimum Gasteiger partial charge on any atom is -0.505 e. The van der Waals surface area contributed by atoms with Crippen molar-refractivity contribution in [1.82, 2.24) is 9.97 Å². The van der Waals surface area contributed by atoms with E-state index in [-0.39, 0.29) is 11.5 Å². The number of rotatable bonds is 4. The molecule has 2 aromatic heterocycles. The summed E-state index contributed by atoms with van der Waals surface area (Å²) in [4.78, 5) is 19.0. The van der Waals surface area contributed by atoms with Crippen LogP contribution in [0, 0.1) is 0 Å². The Hall–Kier alpha value is -1.67. The summed E-state index contributed by atoms with van der Waals surface area (Å²) in [6, 6.07) is 10.5. The van der Waals surface area contributed by atoms with E-state index in [4.69, 9.17) is 14.6 Å². The molecule has 0 saturated heterocycles. The second-order valence-corrected chi connectivity index (χ2v) is 9.98. The number of nitrogens with zero attached hydrogens (tertiary/aromatic N) is 2. The average molecular weight is 740 g/mol. The molecule has 0 amide bonds. The number of ether oxygens (including phenoxy) is 2. The van der Waals surface area contributed by atoms with E-state index in [1.165, 1.54) is 14.2 Å². The molecule has 0 aliphatic carbocycles. The zero-order valence-corrected chi connectivity index (χ0v) is 24.9. The fourth-order valence-electron chi connectivity index (χ4n) is 2.97. The lowest BCUT2D eigenvalue weighted by atomic mass is 10.2. The molecule has 0 atom stereocenters. The summed E-state index contributed by atoms with van der Waals surface area (Å²) < 4.78 is 13.1. The van der Waals surface area contributed by atoms with Crippen LogP contribution in [0.2, 0.25) is 0 Å². The molecule has 0 radical (unpaired) electrons. The van der Waals surface area contributed by atoms with Crippen molar-refractivity contribution in [3.8, 4) is 11.5 Å². The van der Waals surface area contributed by atoms with E-state index in [1.807, 2.05) is 6.07 Å². The number of aliphatic hydroxyl groups excluding tert-OH is 1. The smallest absolute Gasteiger partial charge is 0.200 e. The maximum atomic E-state index is 10.6. The van der Waals surface area contributed by atoms with E-state index in [2.05, 4.69) is 73.7 Å². The number of carbonyl (C=O) groups excluding carboxylic acids is 1. The third-order valence-electron chi connectivity index (χ3n) is 4.55. The molecular weight excluding hydrogens is 720 g/mol. The van der Waals surface area contributed by atoms with Gasteiger partial charge in [-0.15, -0.1) is 0 Å². The lowest BCUT2D eigenvalue weighted by Gasteiger charge is -2.14. The van der Waals surface area contributed by atoms with Crippen LogP contribution >= 0.6 is 63.7 Å². The minimum absolute atomic E-state index is 0.0388. The highest BCUT2D eigenvalue weighted by Gasteiger charge is 2.15. The number of aliphatic hydroxyl groups is 1. The van der Waals surface area contributed by atoms with Gasteiger partial charge in [-0.2, -0.15) is 0 Å². The van der Waals surface area contributed by atoms with Crippen LogP contribution in [-0.4, -0.2) is 52.9 Å². The third-order valence-corrected chi connectivity index (χ3v) is 7.07. The van der Waals surface area contributed by atoms with Crippen LogP contribution in [0.5, 0.6) is 11.5 Å². The Labute approximate surface area is 234 Å². The molecule has 0 aliphatic heterocycles. The monoisotopic (exact) mass is 736 g/mol. The highest BCUT2D eigenvalue weighted by Crippen LogP contribution is 2.38. The molecule has 35 heavy (non-hydrogen) atoms. The largest absolute Gasteiger partial charge is 0.505 e. The molecule has 4 aromatic rings. The van der Waals surface area contributed by atoms with Gasteiger partial charge in [0.2, 0.25) is 6.29 Å². The fourth-order valence-corrected chi connectivity index (χ4v) is 5.52. The van der Waals surface area contributed by atoms with E-state index in [1.54, 1.807) is 30.3 Å². The quantitative estimate of drug-likeness (QED) is 0.157. The first kappa shape index (κ1) is 29.6. The zero-order chi connectivity index (χ0) is 26.3. The average Bonchev–Trinajstić information content (AvgIpc) is 2.88. The molecule has 3 N–H and O–H groups in total. The van der Waals surface area contributed by atoms with Gasteiger partial charge < -0.3 is 24.8 Å². The minimum atomic E-state index is -0.549. The van der Waals surface area contributed by atoms with E-state index in [9.17, 15) is 15.0 Å². The van der Waals surface area contributed by atoms with E-state index in [0.717, 1.165) is 26.8 Å². The Kier molecular flexibility index (Phi) is 11.5. The molecular formula is C23H20Br4N2O6. The Morgan fingerprint density at radius 3 is 1.69 bits per heavy atom. The van der Waals surface area contributed by atoms with Gasteiger partial charge in [-0.25, -0.2) is 9.97 Å². The molecule has 0 unspecified atom stereocenters. The van der Waals surface area contributed by atoms with Crippen LogP contribution in [-0.2, 0) is 9.47 Å². The molecule has 0 fully saturated rings. The number of halogens is 4. The number of hydrogen-bond acceptors (Lipinski definition) is 8. The van der Waals surface area contributed by atoms with Gasteiger partial charge in [-0.3, -0.25) is 4.79 Å². The van der Waals surface area contributed by atoms with Crippen molar-refractivity contribution in [1.29, 1.82) is 0 Å². The summed E-state index contributed by atoms with van der Waals surface area (Å²) in [5.41, 5.74) is 1.80. The predicted octanol–water partition coefficient (Wildman–Crippen LogP) is 6.64. The zero-order valence-electron chi connectivity index (χ0n) is 18.6. The number of pyridine rings is 2. The Morgan fingerprint density at radius 2 is 1.23 bits per heavy atom. The molecule has 2 heterocycles. The summed E-state index contributed by atoms with van der Waals surface area (Å²) in [5.74, 6) is 0.137. The second kappa shape index (κ2) is 13.6. The highest BCUT2D eigenvalue weighted by molar-refractivity contribution is 9.11. The molecule has 0 saturated carbocycles. The van der Waals surface area contributed by atoms with E-state index in [0.29, 0.717) is 37.7 Å². The topological polar surface area (TPSA) is 122 Å². The standard InChI is InChI=1S/C12H11Br2NO3.C10H5Br2NO2.CH4O/c1-17-12(18-2)9-4-3-6-7(13)5-8(14)11(16)10(6)15-9;11-7-3-8(12)10(15)9-6(7)2-1-5(4-14)13-9;1-2/h3-5,12,16H,1-2H3;1-4,15H;2H,1H3. The van der Waals surface area contributed by atoms with Crippen LogP contribution in [0.15, 0.2) is 54.3 Å². The molecule has 0 aliphatic rings. The lowest BCUT2D eigenvalue weighted by molar-refractivity contribution is -0.108. The molecule has 12 heteroatoms. The molecule has 4 rings (SSSR count). The fraction of sp³-hybridized carbons (Fsp3) is 0.174. The van der Waals surface area contributed by atoms with Crippen molar-refractivity contribution in [2.75, 3.05) is 21.3 Å². The van der Waals surface area contributed by atoms with Crippen molar-refractivity contribution in [2.45, 2.75) is 6.29 Å². The number of carbonyl (C=O) groups is 1. The summed E-state index contributed by atoms with van der Waals surface area (Å²) in [5, 5.41) is 28.4. The van der Waals surface area contributed by atoms with Gasteiger partial charge in [-0.05, 0) is 68.3 Å². The summed E-state index contributed by atoms with van der Waals surface area (Å²) in [7, 11) is 4.08. The predicted molar refractivity (Wildman–Crippen MR) is 148 cm³/mol. The van der Waals surface area contributed by atoms with Gasteiger partial charge in [0.15, 0.2) is 17.8 Å². The van der Waals surface area contributed by atoms with Crippen LogP contribution in [0.25, 0.3) is 21.8 Å². The lowest BCUT2D eigenvalue weighted by Crippen LogP contribution is -2.06. The first-order valence-corrected chi connectivity index (χ1v) is 12.8. The maximum absolute atomic E-state index is 10.6. The molecule has 186 valence electrons. The van der Waals surface area contributed by atoms with E-state index >= 15 is 0 Å². The third kappa shape index (κ3) is 6.76. The van der Waals surface area contributed by atoms with Gasteiger partial charge in [0.05, 0.1) is 14.6 Å². The first-order chi connectivity index (χ1) is 16.7. The second-order valence-electron chi connectivity index (χ2n) is 6.56. The SMILES string of the molecule is CO.COC(OC)c1ccc2c(Br)cc(Br)c(O)c2n1.O=Cc1ccc2c(Br)cc(Br)c(O)c2n1. The molecule has 0 spiro atoms. The van der Waals surface area contributed by atoms with Gasteiger partial charge >= 0.3 is 0 Å². The normalized spacial score (nSPS) is 10.5. The van der Waals surface area contributed by atoms with Gasteiger partial charge in [0, 0.05) is 41.0 Å². The summed E-state index contributed by atoms with van der Waals surface area (Å²) in [6.45, 7) is 0. The first-order valence-electron chi connectivity index (χ1n) is 9.62. The van der Waals surface area contributed by atoms with Crippen molar-refractivity contribution >= 4 is 91.8 Å². The molecule has 2 aromatic carbocycles. The van der Waals surface area contributed by atoms with Crippen molar-refractivity contribution in [3.05, 3.63) is 65.7 Å². The Bertz CT molecular complexity index is 1350. The maximum Gasteiger partial charge on any atom is 0.200 e. The number of benzene rings is 2. The van der Waals surface area contributed by atoms with Crippen molar-refractivity contribution < 1.29 is 29.6 Å². The van der Waals surface area contributed by atoms with E-state index < -0.39 is 6.29 Å². The van der Waals surface area contributed by atoms with Gasteiger partial charge in [0.25, 0.3) is 0 Å².